The number of aromatic nitrogens is 2. The van der Waals surface area contributed by atoms with Crippen molar-refractivity contribution in [1.29, 1.82) is 0 Å². The summed E-state index contributed by atoms with van der Waals surface area (Å²) in [6.45, 7) is 2.00. The summed E-state index contributed by atoms with van der Waals surface area (Å²) < 4.78 is 10.9. The monoisotopic (exact) mass is 371 g/mol. The molecule has 1 heterocycles. The van der Waals surface area contributed by atoms with Crippen LogP contribution in [0.5, 0.6) is 5.75 Å². The van der Waals surface area contributed by atoms with Crippen LogP contribution in [0.1, 0.15) is 19.2 Å². The van der Waals surface area contributed by atoms with E-state index in [1.165, 1.54) is 0 Å². The largest absolute Gasteiger partial charge is 0.481 e. The molecule has 6 nitrogen and oxygen atoms in total. The summed E-state index contributed by atoms with van der Waals surface area (Å²) in [5.41, 5.74) is 0.851. The van der Waals surface area contributed by atoms with E-state index in [4.69, 9.17) is 20.9 Å². The molecule has 0 fully saturated rings. The van der Waals surface area contributed by atoms with Crippen molar-refractivity contribution in [3.63, 3.8) is 0 Å². The Morgan fingerprint density at radius 1 is 1.23 bits per heavy atom. The quantitative estimate of drug-likeness (QED) is 0.682. The van der Waals surface area contributed by atoms with Crippen LogP contribution >= 0.6 is 11.6 Å². The summed E-state index contributed by atoms with van der Waals surface area (Å²) in [7, 11) is 0. The van der Waals surface area contributed by atoms with Crippen LogP contribution in [0.4, 0.5) is 0 Å². The first-order valence-electron chi connectivity index (χ1n) is 8.23. The van der Waals surface area contributed by atoms with Gasteiger partial charge in [0, 0.05) is 10.6 Å². The number of rotatable bonds is 7. The van der Waals surface area contributed by atoms with E-state index >= 15 is 0 Å². The zero-order valence-electron chi connectivity index (χ0n) is 14.2. The van der Waals surface area contributed by atoms with Crippen molar-refractivity contribution in [2.75, 3.05) is 0 Å². The summed E-state index contributed by atoms with van der Waals surface area (Å²) in [5.74, 6) is 1.10. The molecule has 3 rings (SSSR count). The second-order valence-corrected chi connectivity index (χ2v) is 6.00. The highest BCUT2D eigenvalue weighted by Crippen LogP contribution is 2.19. The smallest absolute Gasteiger partial charge is 0.261 e. The molecule has 0 bridgehead atoms. The Kier molecular flexibility index (Phi) is 5.86. The molecule has 1 atom stereocenters. The van der Waals surface area contributed by atoms with Gasteiger partial charge in [0.1, 0.15) is 5.75 Å². The third-order valence-corrected chi connectivity index (χ3v) is 3.89. The van der Waals surface area contributed by atoms with Gasteiger partial charge in [0.25, 0.3) is 5.91 Å². The molecule has 0 spiro atoms. The van der Waals surface area contributed by atoms with Crippen molar-refractivity contribution >= 4 is 17.5 Å². The first kappa shape index (κ1) is 17.9. The van der Waals surface area contributed by atoms with Gasteiger partial charge in [-0.05, 0) is 24.6 Å². The predicted octanol–water partition coefficient (Wildman–Crippen LogP) is 3.86. The van der Waals surface area contributed by atoms with Crippen molar-refractivity contribution in [3.8, 4) is 17.1 Å². The third kappa shape index (κ3) is 4.61. The van der Waals surface area contributed by atoms with E-state index in [1.807, 2.05) is 37.3 Å². The van der Waals surface area contributed by atoms with Gasteiger partial charge in [-0.25, -0.2) is 0 Å². The summed E-state index contributed by atoms with van der Waals surface area (Å²) in [5, 5.41) is 7.23. The third-order valence-electron chi connectivity index (χ3n) is 3.65. The van der Waals surface area contributed by atoms with E-state index in [-0.39, 0.29) is 12.5 Å². The minimum Gasteiger partial charge on any atom is -0.481 e. The lowest BCUT2D eigenvalue weighted by Gasteiger charge is -2.16. The normalized spacial score (nSPS) is 11.8. The molecule has 0 aliphatic carbocycles. The average Bonchev–Trinajstić information content (AvgIpc) is 3.14. The van der Waals surface area contributed by atoms with Gasteiger partial charge in [-0.2, -0.15) is 4.98 Å². The number of halogens is 1. The molecule has 1 N–H and O–H groups in total. The van der Waals surface area contributed by atoms with Crippen LogP contribution in [-0.4, -0.2) is 22.2 Å². The van der Waals surface area contributed by atoms with Crippen molar-refractivity contribution in [1.82, 2.24) is 15.5 Å². The molecule has 2 aromatic carbocycles. The van der Waals surface area contributed by atoms with Crippen LogP contribution in [0.3, 0.4) is 0 Å². The van der Waals surface area contributed by atoms with Gasteiger partial charge in [0.2, 0.25) is 11.7 Å². The fourth-order valence-electron chi connectivity index (χ4n) is 2.33. The maximum atomic E-state index is 12.4. The molecule has 0 aliphatic rings. The number of ether oxygens (including phenoxy) is 1. The van der Waals surface area contributed by atoms with Gasteiger partial charge in [-0.1, -0.05) is 60.1 Å². The molecular formula is C19H18ClN3O3. The van der Waals surface area contributed by atoms with Gasteiger partial charge in [0.15, 0.2) is 6.10 Å². The van der Waals surface area contributed by atoms with Crippen molar-refractivity contribution in [2.45, 2.75) is 26.0 Å². The number of carbonyl (C=O) groups is 1. The number of carbonyl (C=O) groups excluding carboxylic acids is 1. The molecule has 0 aliphatic heterocycles. The number of nitrogens with one attached hydrogen (secondary N) is 1. The minimum absolute atomic E-state index is 0.133. The summed E-state index contributed by atoms with van der Waals surface area (Å²) in [4.78, 5) is 16.6. The van der Waals surface area contributed by atoms with Gasteiger partial charge in [-0.3, -0.25) is 4.79 Å². The first-order chi connectivity index (χ1) is 12.7. The predicted molar refractivity (Wildman–Crippen MR) is 97.7 cm³/mol. The minimum atomic E-state index is -0.634. The zero-order chi connectivity index (χ0) is 18.4. The SMILES string of the molecule is CC[C@H](Oc1cccc(Cl)c1)C(=O)NCc1nc(-c2ccccc2)no1. The Bertz CT molecular complexity index is 867. The van der Waals surface area contributed by atoms with E-state index in [9.17, 15) is 4.79 Å². The Morgan fingerprint density at radius 2 is 2.04 bits per heavy atom. The molecule has 0 unspecified atom stereocenters. The highest BCUT2D eigenvalue weighted by molar-refractivity contribution is 6.30. The van der Waals surface area contributed by atoms with E-state index in [0.717, 1.165) is 5.56 Å². The van der Waals surface area contributed by atoms with Gasteiger partial charge in [0.05, 0.1) is 6.54 Å². The van der Waals surface area contributed by atoms with Crippen LogP contribution < -0.4 is 10.1 Å². The first-order valence-corrected chi connectivity index (χ1v) is 8.61. The molecule has 0 radical (unpaired) electrons. The molecule has 26 heavy (non-hydrogen) atoms. The number of hydrogen-bond donors (Lipinski definition) is 1. The van der Waals surface area contributed by atoms with Crippen LogP contribution in [0.25, 0.3) is 11.4 Å². The van der Waals surface area contributed by atoms with Gasteiger partial charge < -0.3 is 14.6 Å². The second kappa shape index (κ2) is 8.49. The molecule has 3 aromatic rings. The van der Waals surface area contributed by atoms with Crippen LogP contribution in [0, 0.1) is 0 Å². The highest BCUT2D eigenvalue weighted by Gasteiger charge is 2.19. The fourth-order valence-corrected chi connectivity index (χ4v) is 2.51. The standard InChI is InChI=1S/C19H18ClN3O3/c1-2-16(25-15-10-6-9-14(20)11-15)19(24)21-12-17-22-18(23-26-17)13-7-4-3-5-8-13/h3-11,16H,2,12H2,1H3,(H,21,24)/t16-/m0/s1. The molecule has 0 saturated carbocycles. The van der Waals surface area contributed by atoms with Crippen LogP contribution in [0.15, 0.2) is 59.1 Å². The second-order valence-electron chi connectivity index (χ2n) is 5.57. The molecule has 0 saturated heterocycles. The van der Waals surface area contributed by atoms with Crippen LogP contribution in [0.2, 0.25) is 5.02 Å². The van der Waals surface area contributed by atoms with E-state index in [1.54, 1.807) is 24.3 Å². The molecule has 134 valence electrons. The lowest BCUT2D eigenvalue weighted by Crippen LogP contribution is -2.37. The molecule has 1 amide bonds. The average molecular weight is 372 g/mol. The Morgan fingerprint density at radius 3 is 2.77 bits per heavy atom. The van der Waals surface area contributed by atoms with Crippen LogP contribution in [-0.2, 0) is 11.3 Å². The van der Waals surface area contributed by atoms with Crippen molar-refractivity contribution < 1.29 is 14.1 Å². The zero-order valence-corrected chi connectivity index (χ0v) is 14.9. The fraction of sp³-hybridized carbons (Fsp3) is 0.211. The maximum absolute atomic E-state index is 12.4. The topological polar surface area (TPSA) is 77.2 Å². The number of hydrogen-bond acceptors (Lipinski definition) is 5. The van der Waals surface area contributed by atoms with E-state index < -0.39 is 6.10 Å². The summed E-state index contributed by atoms with van der Waals surface area (Å²) in [6.07, 6.45) is -0.123. The van der Waals surface area contributed by atoms with Crippen molar-refractivity contribution in [3.05, 3.63) is 65.5 Å². The van der Waals surface area contributed by atoms with Crippen molar-refractivity contribution in [2.24, 2.45) is 0 Å². The Hall–Kier alpha value is -2.86. The summed E-state index contributed by atoms with van der Waals surface area (Å²) >= 11 is 5.94. The number of nitrogens with zero attached hydrogens (tertiary/aromatic N) is 2. The molecular weight excluding hydrogens is 354 g/mol. The maximum Gasteiger partial charge on any atom is 0.261 e. The summed E-state index contributed by atoms with van der Waals surface area (Å²) in [6, 6.07) is 16.4. The lowest BCUT2D eigenvalue weighted by atomic mass is 10.2. The Labute approximate surface area is 156 Å². The van der Waals surface area contributed by atoms with Gasteiger partial charge >= 0.3 is 0 Å². The molecule has 7 heteroatoms. The van der Waals surface area contributed by atoms with Gasteiger partial charge in [-0.15, -0.1) is 0 Å². The number of benzene rings is 2. The highest BCUT2D eigenvalue weighted by atomic mass is 35.5. The lowest BCUT2D eigenvalue weighted by molar-refractivity contribution is -0.128. The Balaban J connectivity index is 1.58. The number of amides is 1. The molecule has 1 aromatic heterocycles. The van der Waals surface area contributed by atoms with E-state index in [2.05, 4.69) is 15.5 Å². The van der Waals surface area contributed by atoms with E-state index in [0.29, 0.717) is 28.9 Å².